The zero-order chi connectivity index (χ0) is 17.6. The Hall–Kier alpha value is -2.25. The van der Waals surface area contributed by atoms with Crippen molar-refractivity contribution >= 4 is 5.91 Å². The van der Waals surface area contributed by atoms with E-state index in [0.717, 1.165) is 13.1 Å². The molecule has 1 fully saturated rings. The second kappa shape index (κ2) is 8.22. The van der Waals surface area contributed by atoms with Crippen molar-refractivity contribution in [3.63, 3.8) is 0 Å². The van der Waals surface area contributed by atoms with Gasteiger partial charge in [0.05, 0.1) is 18.4 Å². The first-order chi connectivity index (χ1) is 12.2. The van der Waals surface area contributed by atoms with Crippen molar-refractivity contribution in [3.05, 3.63) is 42.2 Å². The van der Waals surface area contributed by atoms with Gasteiger partial charge in [-0.05, 0) is 12.1 Å². The zero-order valence-corrected chi connectivity index (χ0v) is 14.0. The Morgan fingerprint density at radius 2 is 2.00 bits per heavy atom. The molecule has 1 saturated heterocycles. The third-order valence-electron chi connectivity index (χ3n) is 4.39. The van der Waals surface area contributed by atoms with Crippen molar-refractivity contribution in [1.29, 1.82) is 0 Å². The second-order valence-corrected chi connectivity index (χ2v) is 6.04. The SMILES string of the molecule is O=C(CCc1ncc(-c2ccccc2F)o1)N1CCN(CCO)CC1. The lowest BCUT2D eigenvalue weighted by Gasteiger charge is -2.34. The highest BCUT2D eigenvalue weighted by Crippen LogP contribution is 2.23. The van der Waals surface area contributed by atoms with Crippen LogP contribution in [0.1, 0.15) is 12.3 Å². The number of piperazine rings is 1. The summed E-state index contributed by atoms with van der Waals surface area (Å²) in [7, 11) is 0. The average molecular weight is 347 g/mol. The van der Waals surface area contributed by atoms with Gasteiger partial charge >= 0.3 is 0 Å². The molecule has 6 nitrogen and oxygen atoms in total. The number of carbonyl (C=O) groups is 1. The number of carbonyl (C=O) groups excluding carboxylic acids is 1. The fourth-order valence-corrected chi connectivity index (χ4v) is 2.95. The molecule has 2 aromatic rings. The van der Waals surface area contributed by atoms with Crippen LogP contribution in [0, 0.1) is 5.82 Å². The number of aliphatic hydroxyl groups excluding tert-OH is 1. The van der Waals surface area contributed by atoms with E-state index >= 15 is 0 Å². The van der Waals surface area contributed by atoms with E-state index in [4.69, 9.17) is 9.52 Å². The summed E-state index contributed by atoms with van der Waals surface area (Å²) in [5.41, 5.74) is 0.368. The topological polar surface area (TPSA) is 69.8 Å². The Morgan fingerprint density at radius 3 is 2.72 bits per heavy atom. The van der Waals surface area contributed by atoms with Gasteiger partial charge in [-0.1, -0.05) is 12.1 Å². The molecule has 1 aromatic heterocycles. The van der Waals surface area contributed by atoms with Gasteiger partial charge in [-0.3, -0.25) is 9.69 Å². The number of aryl methyl sites for hydroxylation is 1. The number of aromatic nitrogens is 1. The number of hydrogen-bond acceptors (Lipinski definition) is 5. The summed E-state index contributed by atoms with van der Waals surface area (Å²) in [6.45, 7) is 3.70. The van der Waals surface area contributed by atoms with Crippen LogP contribution in [0.4, 0.5) is 4.39 Å². The molecule has 1 aromatic carbocycles. The maximum absolute atomic E-state index is 13.8. The molecule has 0 aliphatic carbocycles. The van der Waals surface area contributed by atoms with Gasteiger partial charge in [-0.25, -0.2) is 9.37 Å². The van der Waals surface area contributed by atoms with Crippen molar-refractivity contribution in [1.82, 2.24) is 14.8 Å². The lowest BCUT2D eigenvalue weighted by molar-refractivity contribution is -0.133. The highest BCUT2D eigenvalue weighted by Gasteiger charge is 2.21. The summed E-state index contributed by atoms with van der Waals surface area (Å²) in [6, 6.07) is 6.36. The van der Waals surface area contributed by atoms with Crippen molar-refractivity contribution in [2.24, 2.45) is 0 Å². The maximum Gasteiger partial charge on any atom is 0.223 e. The number of amides is 1. The molecular formula is C18H22FN3O3. The van der Waals surface area contributed by atoms with Gasteiger partial charge in [0.25, 0.3) is 0 Å². The summed E-state index contributed by atoms with van der Waals surface area (Å²) in [4.78, 5) is 20.4. The van der Waals surface area contributed by atoms with E-state index in [1.807, 2.05) is 4.90 Å². The van der Waals surface area contributed by atoms with Crippen molar-refractivity contribution < 1.29 is 18.7 Å². The average Bonchev–Trinajstić information content (AvgIpc) is 3.10. The van der Waals surface area contributed by atoms with Gasteiger partial charge in [0.1, 0.15) is 5.82 Å². The van der Waals surface area contributed by atoms with E-state index in [2.05, 4.69) is 9.88 Å². The standard InChI is InChI=1S/C18H22FN3O3/c19-15-4-2-1-3-14(15)16-13-20-17(25-16)5-6-18(24)22-9-7-21(8-10-22)11-12-23/h1-4,13,23H,5-12H2. The molecular weight excluding hydrogens is 325 g/mol. The quantitative estimate of drug-likeness (QED) is 0.859. The van der Waals surface area contributed by atoms with Gasteiger partial charge in [-0.15, -0.1) is 0 Å². The van der Waals surface area contributed by atoms with E-state index in [1.165, 1.54) is 12.3 Å². The van der Waals surface area contributed by atoms with E-state index in [1.54, 1.807) is 18.2 Å². The first-order valence-electron chi connectivity index (χ1n) is 8.48. The second-order valence-electron chi connectivity index (χ2n) is 6.04. The number of β-amino-alcohol motifs (C(OH)–C–C–N with tert-alkyl or cyclic N) is 1. The third kappa shape index (κ3) is 4.43. The third-order valence-corrected chi connectivity index (χ3v) is 4.39. The number of rotatable bonds is 6. The van der Waals surface area contributed by atoms with Crippen LogP contribution in [-0.4, -0.2) is 65.1 Å². The van der Waals surface area contributed by atoms with Crippen LogP contribution in [0.2, 0.25) is 0 Å². The van der Waals surface area contributed by atoms with E-state index < -0.39 is 0 Å². The largest absolute Gasteiger partial charge is 0.441 e. The molecule has 0 spiro atoms. The summed E-state index contributed by atoms with van der Waals surface area (Å²) < 4.78 is 19.3. The zero-order valence-electron chi connectivity index (χ0n) is 14.0. The number of hydrogen-bond donors (Lipinski definition) is 1. The molecule has 0 unspecified atom stereocenters. The molecule has 2 heterocycles. The fourth-order valence-electron chi connectivity index (χ4n) is 2.95. The van der Waals surface area contributed by atoms with Crippen LogP contribution in [0.5, 0.6) is 0 Å². The molecule has 134 valence electrons. The van der Waals surface area contributed by atoms with Crippen LogP contribution in [0.15, 0.2) is 34.9 Å². The van der Waals surface area contributed by atoms with Gasteiger partial charge < -0.3 is 14.4 Å². The van der Waals surface area contributed by atoms with Gasteiger partial charge in [0, 0.05) is 45.6 Å². The van der Waals surface area contributed by atoms with E-state index in [-0.39, 0.29) is 18.3 Å². The Bertz CT molecular complexity index is 711. The normalized spacial score (nSPS) is 15.5. The Morgan fingerprint density at radius 1 is 1.24 bits per heavy atom. The van der Waals surface area contributed by atoms with Crippen LogP contribution < -0.4 is 0 Å². The minimum atomic E-state index is -0.359. The van der Waals surface area contributed by atoms with Gasteiger partial charge in [-0.2, -0.15) is 0 Å². The fraction of sp³-hybridized carbons (Fsp3) is 0.444. The predicted octanol–water partition coefficient (Wildman–Crippen LogP) is 1.55. The monoisotopic (exact) mass is 347 g/mol. The van der Waals surface area contributed by atoms with Crippen LogP contribution in [-0.2, 0) is 11.2 Å². The molecule has 0 radical (unpaired) electrons. The Balaban J connectivity index is 1.51. The summed E-state index contributed by atoms with van der Waals surface area (Å²) in [5, 5.41) is 8.94. The lowest BCUT2D eigenvalue weighted by atomic mass is 10.2. The minimum absolute atomic E-state index is 0.0642. The summed E-state index contributed by atoms with van der Waals surface area (Å²) in [5.74, 6) is 0.514. The Kier molecular flexibility index (Phi) is 5.78. The number of aliphatic hydroxyl groups is 1. The molecule has 1 N–H and O–H groups in total. The molecule has 0 bridgehead atoms. The van der Waals surface area contributed by atoms with Crippen molar-refractivity contribution in [2.45, 2.75) is 12.8 Å². The molecule has 1 aliphatic rings. The first kappa shape index (κ1) is 17.6. The van der Waals surface area contributed by atoms with Crippen molar-refractivity contribution in [3.8, 4) is 11.3 Å². The molecule has 0 saturated carbocycles. The Labute approximate surface area is 145 Å². The number of halogens is 1. The minimum Gasteiger partial charge on any atom is -0.441 e. The number of nitrogens with zero attached hydrogens (tertiary/aromatic N) is 3. The van der Waals surface area contributed by atoms with E-state index in [0.29, 0.717) is 49.7 Å². The van der Waals surface area contributed by atoms with Gasteiger partial charge in [0.2, 0.25) is 5.91 Å². The first-order valence-corrected chi connectivity index (χ1v) is 8.48. The number of benzene rings is 1. The summed E-state index contributed by atoms with van der Waals surface area (Å²) in [6.07, 6.45) is 2.20. The predicted molar refractivity (Wildman–Crippen MR) is 90.3 cm³/mol. The smallest absolute Gasteiger partial charge is 0.223 e. The molecule has 1 aliphatic heterocycles. The highest BCUT2D eigenvalue weighted by atomic mass is 19.1. The van der Waals surface area contributed by atoms with Crippen molar-refractivity contribution in [2.75, 3.05) is 39.3 Å². The molecule has 0 atom stereocenters. The molecule has 7 heteroatoms. The van der Waals surface area contributed by atoms with E-state index in [9.17, 15) is 9.18 Å². The van der Waals surface area contributed by atoms with Crippen LogP contribution in [0.3, 0.4) is 0 Å². The lowest BCUT2D eigenvalue weighted by Crippen LogP contribution is -2.49. The maximum atomic E-state index is 13.8. The molecule has 3 rings (SSSR count). The molecule has 25 heavy (non-hydrogen) atoms. The summed E-state index contributed by atoms with van der Waals surface area (Å²) >= 11 is 0. The van der Waals surface area contributed by atoms with Gasteiger partial charge in [0.15, 0.2) is 11.7 Å². The van der Waals surface area contributed by atoms with Crippen LogP contribution >= 0.6 is 0 Å². The van der Waals surface area contributed by atoms with Crippen LogP contribution in [0.25, 0.3) is 11.3 Å². The molecule has 1 amide bonds. The highest BCUT2D eigenvalue weighted by molar-refractivity contribution is 5.76. The number of oxazole rings is 1.